The van der Waals surface area contributed by atoms with E-state index in [0.717, 1.165) is 28.8 Å². The Hall–Kier alpha value is -3.08. The molecule has 2 aliphatic rings. The van der Waals surface area contributed by atoms with Crippen LogP contribution < -0.4 is 9.04 Å². The Bertz CT molecular complexity index is 1310. The lowest BCUT2D eigenvalue weighted by molar-refractivity contribution is -0.154. The van der Waals surface area contributed by atoms with Crippen LogP contribution in [0.25, 0.3) is 0 Å². The summed E-state index contributed by atoms with van der Waals surface area (Å²) < 4.78 is 79.7. The second-order valence-corrected chi connectivity index (χ2v) is 12.4. The van der Waals surface area contributed by atoms with Gasteiger partial charge in [0.25, 0.3) is 10.0 Å². The smallest absolute Gasteiger partial charge is 0.416 e. The van der Waals surface area contributed by atoms with Crippen molar-refractivity contribution < 1.29 is 40.7 Å². The molecular formula is C26H28F3NO6S. The largest absolute Gasteiger partial charge is 0.486 e. The minimum atomic E-state index is -4.72. The van der Waals surface area contributed by atoms with Crippen molar-refractivity contribution in [3.05, 3.63) is 53.6 Å². The molecule has 1 fully saturated rings. The number of halogens is 3. The van der Waals surface area contributed by atoms with Crippen LogP contribution in [0.5, 0.6) is 5.75 Å². The average Bonchev–Trinajstić information content (AvgIpc) is 3.57. The second kappa shape index (κ2) is 9.34. The first kappa shape index (κ1) is 27.0. The lowest BCUT2D eigenvalue weighted by Crippen LogP contribution is -2.44. The van der Waals surface area contributed by atoms with Gasteiger partial charge in [-0.1, -0.05) is 12.1 Å². The zero-order valence-corrected chi connectivity index (χ0v) is 21.5. The van der Waals surface area contributed by atoms with Crippen molar-refractivity contribution in [3.63, 3.8) is 0 Å². The quantitative estimate of drug-likeness (QED) is 0.367. The van der Waals surface area contributed by atoms with Crippen LogP contribution >= 0.6 is 0 Å². The zero-order chi connectivity index (χ0) is 27.2. The highest BCUT2D eigenvalue weighted by molar-refractivity contribution is 7.92. The van der Waals surface area contributed by atoms with Crippen molar-refractivity contribution >= 4 is 28.0 Å². The van der Waals surface area contributed by atoms with Gasteiger partial charge >= 0.3 is 12.1 Å². The van der Waals surface area contributed by atoms with Crippen LogP contribution in [0.1, 0.15) is 51.2 Å². The van der Waals surface area contributed by atoms with E-state index < -0.39 is 49.7 Å². The third kappa shape index (κ3) is 6.08. The number of carbonyl (C=O) groups excluding carboxylic acids is 2. The number of alkyl halides is 3. The maximum atomic E-state index is 13.7. The Morgan fingerprint density at radius 1 is 1.16 bits per heavy atom. The van der Waals surface area contributed by atoms with E-state index >= 15 is 0 Å². The first-order chi connectivity index (χ1) is 17.1. The molecule has 200 valence electrons. The van der Waals surface area contributed by atoms with Gasteiger partial charge in [0, 0.05) is 5.41 Å². The maximum absolute atomic E-state index is 13.7. The first-order valence-corrected chi connectivity index (χ1v) is 13.2. The van der Waals surface area contributed by atoms with Crippen LogP contribution in [0, 0.1) is 5.41 Å². The number of fused-ring (bicyclic) bond motifs is 1. The summed E-state index contributed by atoms with van der Waals surface area (Å²) in [7, 11) is -4.46. The molecular weight excluding hydrogens is 511 g/mol. The van der Waals surface area contributed by atoms with Gasteiger partial charge < -0.3 is 14.3 Å². The van der Waals surface area contributed by atoms with Crippen LogP contribution in [0.4, 0.5) is 18.9 Å². The molecule has 1 saturated carbocycles. The molecule has 0 N–H and O–H groups in total. The Labute approximate surface area is 213 Å². The molecule has 0 amide bonds. The highest BCUT2D eigenvalue weighted by Gasteiger charge is 2.47. The predicted octanol–water partition coefficient (Wildman–Crippen LogP) is 4.92. The number of esters is 1. The Morgan fingerprint density at radius 3 is 2.46 bits per heavy atom. The monoisotopic (exact) mass is 539 g/mol. The molecule has 0 bridgehead atoms. The number of nitrogens with zero attached hydrogens (tertiary/aromatic N) is 1. The minimum absolute atomic E-state index is 0.102. The van der Waals surface area contributed by atoms with Gasteiger partial charge in [-0.2, -0.15) is 13.2 Å². The van der Waals surface area contributed by atoms with E-state index in [1.54, 1.807) is 26.8 Å². The molecule has 11 heteroatoms. The van der Waals surface area contributed by atoms with Gasteiger partial charge in [-0.05, 0) is 75.9 Å². The normalized spacial score (nSPS) is 19.0. The molecule has 0 saturated heterocycles. The first-order valence-electron chi connectivity index (χ1n) is 11.8. The van der Waals surface area contributed by atoms with Crippen molar-refractivity contribution in [1.82, 2.24) is 0 Å². The van der Waals surface area contributed by atoms with Crippen LogP contribution in [-0.2, 0) is 36.9 Å². The molecule has 1 aliphatic carbocycles. The number of hydrogen-bond donors (Lipinski definition) is 0. The van der Waals surface area contributed by atoms with Crippen molar-refractivity contribution in [2.75, 3.05) is 10.8 Å². The molecule has 1 heterocycles. The number of anilines is 1. The number of ether oxygens (including phenoxy) is 2. The fourth-order valence-electron chi connectivity index (χ4n) is 4.29. The van der Waals surface area contributed by atoms with E-state index in [1.807, 2.05) is 0 Å². The van der Waals surface area contributed by atoms with Gasteiger partial charge in [-0.15, -0.1) is 0 Å². The highest BCUT2D eigenvalue weighted by Crippen LogP contribution is 2.49. The fraction of sp³-hybridized carbons (Fsp3) is 0.462. The molecule has 1 aliphatic heterocycles. The van der Waals surface area contributed by atoms with E-state index in [4.69, 9.17) is 9.47 Å². The standard InChI is InChI=1S/C26H28F3NO6S/c1-24(2,3)36-23(32)12-17-7-8-22-21(11-17)30(15-19(35-22)14-25(16-31)9-10-25)37(33,34)20-6-4-5-18(13-20)26(27,28)29/h4-8,11,13,16,19H,9-10,12,14-15H2,1-3H3/t19-/m0/s1. The van der Waals surface area contributed by atoms with Crippen molar-refractivity contribution in [3.8, 4) is 5.75 Å². The predicted molar refractivity (Wildman–Crippen MR) is 129 cm³/mol. The summed E-state index contributed by atoms with van der Waals surface area (Å²) in [5.41, 5.74) is -1.82. The molecule has 2 aromatic rings. The average molecular weight is 540 g/mol. The van der Waals surface area contributed by atoms with Crippen LogP contribution in [0.15, 0.2) is 47.4 Å². The number of sulfonamides is 1. The molecule has 0 aromatic heterocycles. The minimum Gasteiger partial charge on any atom is -0.486 e. The summed E-state index contributed by atoms with van der Waals surface area (Å²) >= 11 is 0. The fourth-order valence-corrected chi connectivity index (χ4v) is 5.83. The maximum Gasteiger partial charge on any atom is 0.416 e. The third-order valence-corrected chi connectivity index (χ3v) is 8.03. The van der Waals surface area contributed by atoms with Gasteiger partial charge in [0.15, 0.2) is 0 Å². The summed E-state index contributed by atoms with van der Waals surface area (Å²) in [5, 5.41) is 0. The molecule has 0 unspecified atom stereocenters. The van der Waals surface area contributed by atoms with E-state index in [2.05, 4.69) is 0 Å². The molecule has 4 rings (SSSR count). The van der Waals surface area contributed by atoms with E-state index in [9.17, 15) is 31.2 Å². The van der Waals surface area contributed by atoms with E-state index in [0.29, 0.717) is 24.5 Å². The molecule has 2 aromatic carbocycles. The van der Waals surface area contributed by atoms with E-state index in [-0.39, 0.29) is 30.8 Å². The van der Waals surface area contributed by atoms with Gasteiger partial charge in [-0.3, -0.25) is 9.10 Å². The SMILES string of the molecule is CC(C)(C)OC(=O)Cc1ccc2c(c1)N(S(=O)(=O)c1cccc(C(F)(F)F)c1)C[C@H](CC1(C=O)CC1)O2. The van der Waals surface area contributed by atoms with Gasteiger partial charge in [0.1, 0.15) is 23.7 Å². The lowest BCUT2D eigenvalue weighted by Gasteiger charge is -2.36. The molecule has 1 atom stereocenters. The molecule has 0 spiro atoms. The zero-order valence-electron chi connectivity index (χ0n) is 20.7. The number of carbonyl (C=O) groups is 2. The summed E-state index contributed by atoms with van der Waals surface area (Å²) in [5.74, 6) is -0.322. The van der Waals surface area contributed by atoms with Gasteiger partial charge in [0.2, 0.25) is 0 Å². The van der Waals surface area contributed by atoms with Crippen molar-refractivity contribution in [2.24, 2.45) is 5.41 Å². The lowest BCUT2D eigenvalue weighted by atomic mass is 9.99. The highest BCUT2D eigenvalue weighted by atomic mass is 32.2. The summed E-state index contributed by atoms with van der Waals surface area (Å²) in [6.07, 6.45) is -3.08. The summed E-state index contributed by atoms with van der Waals surface area (Å²) in [6.45, 7) is 4.97. The van der Waals surface area contributed by atoms with Gasteiger partial charge in [0.05, 0.1) is 29.1 Å². The Kier molecular flexibility index (Phi) is 6.81. The summed E-state index contributed by atoms with van der Waals surface area (Å²) in [4.78, 5) is 23.4. The number of aldehydes is 1. The Balaban J connectivity index is 1.72. The number of benzene rings is 2. The second-order valence-electron chi connectivity index (χ2n) is 10.6. The van der Waals surface area contributed by atoms with E-state index in [1.165, 1.54) is 12.1 Å². The topological polar surface area (TPSA) is 90.0 Å². The van der Waals surface area contributed by atoms with Gasteiger partial charge in [-0.25, -0.2) is 8.42 Å². The van der Waals surface area contributed by atoms with Crippen molar-refractivity contribution in [1.29, 1.82) is 0 Å². The van der Waals surface area contributed by atoms with Crippen molar-refractivity contribution in [2.45, 2.75) is 69.2 Å². The van der Waals surface area contributed by atoms with Crippen LogP contribution in [0.3, 0.4) is 0 Å². The Morgan fingerprint density at radius 2 is 1.86 bits per heavy atom. The molecule has 0 radical (unpaired) electrons. The summed E-state index contributed by atoms with van der Waals surface area (Å²) in [6, 6.07) is 8.13. The molecule has 7 nitrogen and oxygen atoms in total. The third-order valence-electron chi connectivity index (χ3n) is 6.25. The number of rotatable bonds is 7. The molecule has 37 heavy (non-hydrogen) atoms. The number of hydrogen-bond acceptors (Lipinski definition) is 6. The van der Waals surface area contributed by atoms with Crippen LogP contribution in [-0.4, -0.2) is 38.9 Å². The van der Waals surface area contributed by atoms with Crippen LogP contribution in [0.2, 0.25) is 0 Å².